The number of nitrogen functional groups attached to an aromatic ring is 1. The summed E-state index contributed by atoms with van der Waals surface area (Å²) in [5, 5.41) is 8.99. The van der Waals surface area contributed by atoms with Crippen molar-refractivity contribution in [3.8, 4) is 17.2 Å². The summed E-state index contributed by atoms with van der Waals surface area (Å²) >= 11 is 3.32. The summed E-state index contributed by atoms with van der Waals surface area (Å²) in [7, 11) is 0. The van der Waals surface area contributed by atoms with E-state index in [1.165, 1.54) is 0 Å². The molecule has 0 atom stereocenters. The van der Waals surface area contributed by atoms with E-state index in [9.17, 15) is 4.79 Å². The van der Waals surface area contributed by atoms with E-state index in [1.54, 1.807) is 6.07 Å². The number of rotatable bonds is 1. The Labute approximate surface area is 106 Å². The normalized spacial score (nSPS) is 9.88. The summed E-state index contributed by atoms with van der Waals surface area (Å²) in [6.45, 7) is 0. The molecule has 0 aliphatic heterocycles. The molecule has 0 saturated heterocycles. The predicted octanol–water partition coefficient (Wildman–Crippen LogP) is 2.26. The second kappa shape index (κ2) is 4.44. The molecule has 1 heterocycles. The first-order valence-electron chi connectivity index (χ1n) is 4.80. The maximum absolute atomic E-state index is 11.6. The summed E-state index contributed by atoms with van der Waals surface area (Å²) < 4.78 is 0.928. The van der Waals surface area contributed by atoms with Gasteiger partial charge in [0.2, 0.25) is 0 Å². The highest BCUT2D eigenvalue weighted by Gasteiger charge is 2.09. The third kappa shape index (κ3) is 2.22. The van der Waals surface area contributed by atoms with Crippen molar-refractivity contribution >= 4 is 21.7 Å². The Hall–Kier alpha value is -2.06. The number of benzene rings is 1. The minimum Gasteiger partial charge on any atom is -0.385 e. The van der Waals surface area contributed by atoms with Crippen LogP contribution in [-0.2, 0) is 0 Å². The Kier molecular flexibility index (Phi) is 2.98. The maximum Gasteiger partial charge on any atom is 0.268 e. The van der Waals surface area contributed by atoms with Gasteiger partial charge in [-0.25, -0.2) is 0 Å². The number of anilines is 1. The SMILES string of the molecule is N#Cc1c(-c2ccc(Br)cc2)cc(N)[nH]c1=O. The molecule has 17 heavy (non-hydrogen) atoms. The van der Waals surface area contributed by atoms with Crippen molar-refractivity contribution in [3.63, 3.8) is 0 Å². The van der Waals surface area contributed by atoms with Gasteiger partial charge in [0, 0.05) is 10.0 Å². The van der Waals surface area contributed by atoms with Gasteiger partial charge >= 0.3 is 0 Å². The molecular formula is C12H8BrN3O. The van der Waals surface area contributed by atoms with E-state index in [4.69, 9.17) is 11.0 Å². The molecule has 84 valence electrons. The number of hydrogen-bond acceptors (Lipinski definition) is 3. The number of aromatic nitrogens is 1. The van der Waals surface area contributed by atoms with Crippen molar-refractivity contribution in [1.29, 1.82) is 5.26 Å². The van der Waals surface area contributed by atoms with Crippen LogP contribution in [0.3, 0.4) is 0 Å². The Morgan fingerprint density at radius 3 is 2.53 bits per heavy atom. The standard InChI is InChI=1S/C12H8BrN3O/c13-8-3-1-7(2-4-8)9-5-11(15)16-12(17)10(9)6-14/h1-5H,(H3,15,16,17). The molecule has 0 amide bonds. The summed E-state index contributed by atoms with van der Waals surface area (Å²) in [4.78, 5) is 14.0. The molecule has 2 rings (SSSR count). The van der Waals surface area contributed by atoms with Gasteiger partial charge in [0.05, 0.1) is 0 Å². The van der Waals surface area contributed by atoms with Crippen LogP contribution < -0.4 is 11.3 Å². The third-order valence-electron chi connectivity index (χ3n) is 2.32. The monoisotopic (exact) mass is 289 g/mol. The number of H-pyrrole nitrogens is 1. The van der Waals surface area contributed by atoms with E-state index in [0.29, 0.717) is 5.56 Å². The van der Waals surface area contributed by atoms with Gasteiger partial charge in [-0.2, -0.15) is 5.26 Å². The Bertz CT molecular complexity index is 653. The lowest BCUT2D eigenvalue weighted by Gasteiger charge is -2.05. The first-order valence-corrected chi connectivity index (χ1v) is 5.60. The van der Waals surface area contributed by atoms with Gasteiger partial charge in [-0.05, 0) is 23.8 Å². The summed E-state index contributed by atoms with van der Waals surface area (Å²) in [5.74, 6) is 0.243. The number of pyridine rings is 1. The van der Waals surface area contributed by atoms with Crippen molar-refractivity contribution < 1.29 is 0 Å². The number of halogens is 1. The molecule has 5 heteroatoms. The minimum absolute atomic E-state index is 0.0709. The molecular weight excluding hydrogens is 282 g/mol. The summed E-state index contributed by atoms with van der Waals surface area (Å²) in [6.07, 6.45) is 0. The van der Waals surface area contributed by atoms with E-state index in [2.05, 4.69) is 20.9 Å². The summed E-state index contributed by atoms with van der Waals surface area (Å²) in [5.41, 5.74) is 6.50. The smallest absolute Gasteiger partial charge is 0.268 e. The van der Waals surface area contributed by atoms with Gasteiger partial charge in [-0.3, -0.25) is 4.79 Å². The van der Waals surface area contributed by atoms with Gasteiger partial charge in [0.25, 0.3) is 5.56 Å². The highest BCUT2D eigenvalue weighted by Crippen LogP contribution is 2.24. The molecule has 0 bridgehead atoms. The molecule has 0 unspecified atom stereocenters. The molecule has 0 saturated carbocycles. The Morgan fingerprint density at radius 1 is 1.29 bits per heavy atom. The van der Waals surface area contributed by atoms with Crippen LogP contribution in [0.15, 0.2) is 39.6 Å². The van der Waals surface area contributed by atoms with Crippen LogP contribution in [0.4, 0.5) is 5.82 Å². The zero-order chi connectivity index (χ0) is 12.4. The molecule has 1 aromatic heterocycles. The fourth-order valence-corrected chi connectivity index (χ4v) is 1.81. The van der Waals surface area contributed by atoms with Crippen molar-refractivity contribution in [2.75, 3.05) is 5.73 Å². The summed E-state index contributed by atoms with van der Waals surface area (Å²) in [6, 6.07) is 10.8. The van der Waals surface area contributed by atoms with Crippen LogP contribution in [0.5, 0.6) is 0 Å². The van der Waals surface area contributed by atoms with E-state index in [1.807, 2.05) is 30.3 Å². The van der Waals surface area contributed by atoms with E-state index in [0.717, 1.165) is 10.0 Å². The topological polar surface area (TPSA) is 82.7 Å². The first kappa shape index (κ1) is 11.4. The van der Waals surface area contributed by atoms with Crippen molar-refractivity contribution in [1.82, 2.24) is 4.98 Å². The highest BCUT2D eigenvalue weighted by atomic mass is 79.9. The molecule has 2 aromatic rings. The predicted molar refractivity (Wildman–Crippen MR) is 69.3 cm³/mol. The van der Waals surface area contributed by atoms with Crippen molar-refractivity contribution in [3.05, 3.63) is 50.7 Å². The van der Waals surface area contributed by atoms with Crippen molar-refractivity contribution in [2.24, 2.45) is 0 Å². The van der Waals surface area contributed by atoms with Gasteiger partial charge in [0.15, 0.2) is 0 Å². The first-order chi connectivity index (χ1) is 8.11. The number of aromatic amines is 1. The van der Waals surface area contributed by atoms with Gasteiger partial charge in [-0.1, -0.05) is 28.1 Å². The van der Waals surface area contributed by atoms with Gasteiger partial charge in [0.1, 0.15) is 17.5 Å². The largest absolute Gasteiger partial charge is 0.385 e. The second-order valence-electron chi connectivity index (χ2n) is 3.46. The lowest BCUT2D eigenvalue weighted by Crippen LogP contribution is -2.13. The van der Waals surface area contributed by atoms with E-state index >= 15 is 0 Å². The van der Waals surface area contributed by atoms with Crippen LogP contribution in [0.2, 0.25) is 0 Å². The molecule has 0 radical (unpaired) electrons. The molecule has 0 fully saturated rings. The lowest BCUT2D eigenvalue weighted by atomic mass is 10.0. The molecule has 0 aliphatic rings. The quantitative estimate of drug-likeness (QED) is 0.845. The molecule has 0 aliphatic carbocycles. The molecule has 0 spiro atoms. The van der Waals surface area contributed by atoms with E-state index < -0.39 is 5.56 Å². The van der Waals surface area contributed by atoms with Gasteiger partial charge < -0.3 is 10.7 Å². The second-order valence-corrected chi connectivity index (χ2v) is 4.38. The fourth-order valence-electron chi connectivity index (χ4n) is 1.55. The van der Waals surface area contributed by atoms with Crippen LogP contribution in [0.25, 0.3) is 11.1 Å². The number of nitrogens with one attached hydrogen (secondary N) is 1. The zero-order valence-corrected chi connectivity index (χ0v) is 10.3. The Morgan fingerprint density at radius 2 is 1.94 bits per heavy atom. The zero-order valence-electron chi connectivity index (χ0n) is 8.70. The van der Waals surface area contributed by atoms with Crippen LogP contribution in [0.1, 0.15) is 5.56 Å². The van der Waals surface area contributed by atoms with Crippen molar-refractivity contribution in [2.45, 2.75) is 0 Å². The van der Waals surface area contributed by atoms with Crippen LogP contribution in [0, 0.1) is 11.3 Å². The van der Waals surface area contributed by atoms with Crippen LogP contribution in [-0.4, -0.2) is 4.98 Å². The number of hydrogen-bond donors (Lipinski definition) is 2. The highest BCUT2D eigenvalue weighted by molar-refractivity contribution is 9.10. The average molecular weight is 290 g/mol. The van der Waals surface area contributed by atoms with E-state index in [-0.39, 0.29) is 11.4 Å². The maximum atomic E-state index is 11.6. The third-order valence-corrected chi connectivity index (χ3v) is 2.85. The number of nitrogens with two attached hydrogens (primary N) is 1. The van der Waals surface area contributed by atoms with Gasteiger partial charge in [-0.15, -0.1) is 0 Å². The Balaban J connectivity index is 2.71. The number of nitriles is 1. The minimum atomic E-state index is -0.467. The average Bonchev–Trinajstić information content (AvgIpc) is 2.29. The molecule has 1 aromatic carbocycles. The molecule has 4 nitrogen and oxygen atoms in total. The lowest BCUT2D eigenvalue weighted by molar-refractivity contribution is 1.22. The van der Waals surface area contributed by atoms with Crippen LogP contribution >= 0.6 is 15.9 Å². The molecule has 3 N–H and O–H groups in total. The fraction of sp³-hybridized carbons (Fsp3) is 0. The number of nitrogens with zero attached hydrogens (tertiary/aromatic N) is 1.